The lowest BCUT2D eigenvalue weighted by Crippen LogP contribution is -2.29. The SMILES string of the molecule is Cc1cc2c([nH]1)/C=C1/C(=O)Nc3ccc(cc31)-c1c(nn(C)c1C)OCCCN(C)C2=O. The Labute approximate surface area is 185 Å². The smallest absolute Gasteiger partial charge is 0.256 e. The van der Waals surface area contributed by atoms with Crippen molar-refractivity contribution in [2.75, 3.05) is 25.5 Å². The molecule has 2 bridgehead atoms. The normalized spacial score (nSPS) is 17.5. The summed E-state index contributed by atoms with van der Waals surface area (Å²) >= 11 is 0. The quantitative estimate of drug-likeness (QED) is 0.571. The Kier molecular flexibility index (Phi) is 4.65. The number of benzene rings is 1. The second-order valence-electron chi connectivity index (χ2n) is 8.37. The Balaban J connectivity index is 1.73. The van der Waals surface area contributed by atoms with Crippen molar-refractivity contribution >= 4 is 29.2 Å². The van der Waals surface area contributed by atoms with E-state index in [1.165, 1.54) is 0 Å². The topological polar surface area (TPSA) is 92.2 Å². The Morgan fingerprint density at radius 3 is 2.72 bits per heavy atom. The van der Waals surface area contributed by atoms with Crippen LogP contribution >= 0.6 is 0 Å². The molecule has 4 heterocycles. The lowest BCUT2D eigenvalue weighted by atomic mass is 9.98. The van der Waals surface area contributed by atoms with Crippen LogP contribution in [0.3, 0.4) is 0 Å². The van der Waals surface area contributed by atoms with E-state index >= 15 is 0 Å². The number of hydrogen-bond acceptors (Lipinski definition) is 4. The average Bonchev–Trinajstić information content (AvgIpc) is 3.37. The zero-order valence-corrected chi connectivity index (χ0v) is 18.6. The van der Waals surface area contributed by atoms with Crippen LogP contribution in [0.2, 0.25) is 0 Å². The highest BCUT2D eigenvalue weighted by molar-refractivity contribution is 6.35. The monoisotopic (exact) mass is 431 g/mol. The molecule has 0 spiro atoms. The summed E-state index contributed by atoms with van der Waals surface area (Å²) in [5.74, 6) is 0.259. The molecule has 8 nitrogen and oxygen atoms in total. The first-order valence-electron chi connectivity index (χ1n) is 10.6. The van der Waals surface area contributed by atoms with Gasteiger partial charge in [0.2, 0.25) is 5.88 Å². The van der Waals surface area contributed by atoms with E-state index in [1.807, 2.05) is 45.2 Å². The molecular formula is C24H25N5O3. The molecule has 2 aromatic heterocycles. The van der Waals surface area contributed by atoms with Gasteiger partial charge in [0.15, 0.2) is 0 Å². The number of H-pyrrole nitrogens is 1. The van der Waals surface area contributed by atoms with E-state index in [0.717, 1.165) is 33.8 Å². The van der Waals surface area contributed by atoms with E-state index in [2.05, 4.69) is 15.4 Å². The van der Waals surface area contributed by atoms with Gasteiger partial charge in [-0.05, 0) is 50.1 Å². The van der Waals surface area contributed by atoms with Crippen molar-refractivity contribution in [1.82, 2.24) is 19.7 Å². The minimum Gasteiger partial charge on any atom is -0.476 e. The number of nitrogens with one attached hydrogen (secondary N) is 2. The van der Waals surface area contributed by atoms with Crippen molar-refractivity contribution < 1.29 is 14.3 Å². The van der Waals surface area contributed by atoms with Gasteiger partial charge in [0.05, 0.1) is 29.0 Å². The molecule has 3 aromatic rings. The number of carbonyl (C=O) groups is 2. The largest absolute Gasteiger partial charge is 0.476 e. The zero-order chi connectivity index (χ0) is 22.6. The van der Waals surface area contributed by atoms with Crippen LogP contribution in [0.1, 0.15) is 39.4 Å². The molecule has 0 saturated carbocycles. The third-order valence-corrected chi connectivity index (χ3v) is 6.12. The molecule has 2 N–H and O–H groups in total. The van der Waals surface area contributed by atoms with Crippen molar-refractivity contribution in [1.29, 1.82) is 0 Å². The number of aromatic nitrogens is 3. The summed E-state index contributed by atoms with van der Waals surface area (Å²) in [4.78, 5) is 30.9. The molecule has 8 heteroatoms. The molecular weight excluding hydrogens is 406 g/mol. The standard InChI is InChI=1S/C24H25N5O3/c1-13-10-18-20(25-13)12-17-16-11-15(6-7-19(16)26-22(17)30)21-14(2)29(4)27-23(21)32-9-5-8-28(3)24(18)31/h6-7,10-12,25H,5,8-9H2,1-4H3,(H,26,30)/b17-12+. The van der Waals surface area contributed by atoms with Crippen LogP contribution in [0.4, 0.5) is 5.69 Å². The molecule has 164 valence electrons. The van der Waals surface area contributed by atoms with Crippen molar-refractivity contribution in [3.05, 3.63) is 52.5 Å². The van der Waals surface area contributed by atoms with Crippen LogP contribution in [0, 0.1) is 13.8 Å². The first-order chi connectivity index (χ1) is 15.3. The number of aromatic amines is 1. The summed E-state index contributed by atoms with van der Waals surface area (Å²) in [6.45, 7) is 4.88. The van der Waals surface area contributed by atoms with Crippen LogP contribution in [0.15, 0.2) is 24.3 Å². The van der Waals surface area contributed by atoms with Crippen molar-refractivity contribution in [2.24, 2.45) is 7.05 Å². The van der Waals surface area contributed by atoms with Gasteiger partial charge in [-0.25, -0.2) is 0 Å². The molecule has 2 aliphatic heterocycles. The summed E-state index contributed by atoms with van der Waals surface area (Å²) in [6.07, 6.45) is 2.44. The predicted octanol–water partition coefficient (Wildman–Crippen LogP) is 3.38. The van der Waals surface area contributed by atoms with Crippen molar-refractivity contribution in [3.8, 4) is 17.0 Å². The van der Waals surface area contributed by atoms with E-state index in [0.29, 0.717) is 42.3 Å². The molecule has 0 fully saturated rings. The van der Waals surface area contributed by atoms with Gasteiger partial charge < -0.3 is 19.9 Å². The third-order valence-electron chi connectivity index (χ3n) is 6.12. The fourth-order valence-corrected chi connectivity index (χ4v) is 4.32. The van der Waals surface area contributed by atoms with Crippen LogP contribution in [0.5, 0.6) is 5.88 Å². The molecule has 0 atom stereocenters. The van der Waals surface area contributed by atoms with E-state index in [9.17, 15) is 9.59 Å². The van der Waals surface area contributed by atoms with Crippen LogP contribution in [0.25, 0.3) is 22.8 Å². The molecule has 2 aliphatic rings. The maximum atomic E-state index is 13.1. The van der Waals surface area contributed by atoms with Gasteiger partial charge in [-0.3, -0.25) is 14.3 Å². The maximum absolute atomic E-state index is 13.1. The molecule has 0 unspecified atom stereocenters. The first-order valence-corrected chi connectivity index (χ1v) is 10.6. The number of anilines is 1. The number of fused-ring (bicyclic) bond motifs is 4. The number of nitrogens with zero attached hydrogens (tertiary/aromatic N) is 3. The molecule has 2 amide bonds. The molecule has 32 heavy (non-hydrogen) atoms. The van der Waals surface area contributed by atoms with E-state index < -0.39 is 0 Å². The minimum absolute atomic E-state index is 0.0992. The highest BCUT2D eigenvalue weighted by Crippen LogP contribution is 2.40. The van der Waals surface area contributed by atoms with Gasteiger partial charge in [-0.2, -0.15) is 0 Å². The number of aryl methyl sites for hydroxylation is 2. The number of ether oxygens (including phenoxy) is 1. The van der Waals surface area contributed by atoms with Gasteiger partial charge >= 0.3 is 0 Å². The van der Waals surface area contributed by atoms with Gasteiger partial charge in [-0.15, -0.1) is 5.10 Å². The lowest BCUT2D eigenvalue weighted by molar-refractivity contribution is -0.110. The second-order valence-corrected chi connectivity index (χ2v) is 8.37. The number of hydrogen-bond donors (Lipinski definition) is 2. The number of rotatable bonds is 0. The van der Waals surface area contributed by atoms with Crippen LogP contribution in [-0.4, -0.2) is 51.7 Å². The van der Waals surface area contributed by atoms with Crippen LogP contribution in [-0.2, 0) is 11.8 Å². The van der Waals surface area contributed by atoms with E-state index in [4.69, 9.17) is 4.74 Å². The number of amides is 2. The second kappa shape index (κ2) is 7.40. The van der Waals surface area contributed by atoms with Crippen LogP contribution < -0.4 is 10.1 Å². The Morgan fingerprint density at radius 1 is 1.09 bits per heavy atom. The first kappa shape index (κ1) is 20.1. The minimum atomic E-state index is -0.195. The van der Waals surface area contributed by atoms with Crippen molar-refractivity contribution in [2.45, 2.75) is 20.3 Å². The van der Waals surface area contributed by atoms with E-state index in [1.54, 1.807) is 22.7 Å². The summed E-state index contributed by atoms with van der Waals surface area (Å²) in [5, 5.41) is 7.47. The molecule has 1 aromatic carbocycles. The van der Waals surface area contributed by atoms with Gasteiger partial charge in [0.1, 0.15) is 0 Å². The van der Waals surface area contributed by atoms with Gasteiger partial charge in [-0.1, -0.05) is 6.07 Å². The predicted molar refractivity (Wildman–Crippen MR) is 122 cm³/mol. The van der Waals surface area contributed by atoms with Gasteiger partial charge in [0.25, 0.3) is 11.8 Å². The Bertz CT molecular complexity index is 1300. The molecule has 0 aliphatic carbocycles. The zero-order valence-electron chi connectivity index (χ0n) is 18.6. The molecule has 5 rings (SSSR count). The Morgan fingerprint density at radius 2 is 1.91 bits per heavy atom. The fraction of sp³-hybridized carbons (Fsp3) is 0.292. The van der Waals surface area contributed by atoms with Crippen molar-refractivity contribution in [3.63, 3.8) is 0 Å². The fourth-order valence-electron chi connectivity index (χ4n) is 4.32. The summed E-state index contributed by atoms with van der Waals surface area (Å²) in [7, 11) is 3.66. The van der Waals surface area contributed by atoms with E-state index in [-0.39, 0.29) is 11.8 Å². The van der Waals surface area contributed by atoms with Gasteiger partial charge in [0, 0.05) is 43.3 Å². The Hall–Kier alpha value is -3.81. The number of carbonyl (C=O) groups excluding carboxylic acids is 2. The highest BCUT2D eigenvalue weighted by Gasteiger charge is 2.28. The molecule has 0 saturated heterocycles. The average molecular weight is 431 g/mol. The summed E-state index contributed by atoms with van der Waals surface area (Å²) in [5.41, 5.74) is 6.89. The maximum Gasteiger partial charge on any atom is 0.256 e. The lowest BCUT2D eigenvalue weighted by Gasteiger charge is -2.17. The highest BCUT2D eigenvalue weighted by atomic mass is 16.5. The summed E-state index contributed by atoms with van der Waals surface area (Å²) in [6, 6.07) is 7.68. The summed E-state index contributed by atoms with van der Waals surface area (Å²) < 4.78 is 7.84. The third kappa shape index (κ3) is 3.19. The molecule has 0 radical (unpaired) electrons.